The summed E-state index contributed by atoms with van der Waals surface area (Å²) in [6.45, 7) is 0. The lowest BCUT2D eigenvalue weighted by molar-refractivity contribution is -0.142. The van der Waals surface area contributed by atoms with E-state index < -0.39 is 20.0 Å². The maximum Gasteiger partial charge on any atom is 0.407 e. The second kappa shape index (κ2) is 5.23. The number of para-hydroxylation sites is 1. The van der Waals surface area contributed by atoms with E-state index in [4.69, 9.17) is 13.8 Å². The molecular weight excluding hydrogens is 242 g/mol. The van der Waals surface area contributed by atoms with Crippen LogP contribution < -0.4 is 4.52 Å². The van der Waals surface area contributed by atoms with Crippen molar-refractivity contribution in [3.63, 3.8) is 0 Å². The highest BCUT2D eigenvalue weighted by atomic mass is 31.2. The highest BCUT2D eigenvalue weighted by Crippen LogP contribution is 2.52. The first-order chi connectivity index (χ1) is 8.13. The van der Waals surface area contributed by atoms with Crippen molar-refractivity contribution in [1.29, 1.82) is 0 Å². The fourth-order valence-electron chi connectivity index (χ4n) is 1.54. The fraction of sp³-hybridized carbons (Fsp3) is 0.400. The molecule has 7 heteroatoms. The number of hydrogen-bond acceptors (Lipinski definition) is 5. The summed E-state index contributed by atoms with van der Waals surface area (Å²) in [6, 6.07) is 8.68. The van der Waals surface area contributed by atoms with E-state index in [-0.39, 0.29) is 6.35 Å². The van der Waals surface area contributed by atoms with Crippen LogP contribution in [0.5, 0.6) is 5.75 Å². The van der Waals surface area contributed by atoms with Gasteiger partial charge in [-0.2, -0.15) is 0 Å². The maximum absolute atomic E-state index is 12.1. The maximum atomic E-state index is 12.1. The van der Waals surface area contributed by atoms with Gasteiger partial charge in [-0.25, -0.2) is 4.57 Å². The standard InChI is InChI=1S/C10H14BO5P/c11-6-9-10(12)16-17(13,7-14-9)15-8-4-2-1-3-5-8/h1-5,9-10,12H,6-7,11H2/t9-,10?,17-/m0/s1. The van der Waals surface area contributed by atoms with Crippen LogP contribution in [0.4, 0.5) is 0 Å². The first kappa shape index (κ1) is 12.6. The van der Waals surface area contributed by atoms with E-state index in [1.165, 1.54) is 0 Å². The summed E-state index contributed by atoms with van der Waals surface area (Å²) in [4.78, 5) is 0. The normalized spacial score (nSPS) is 33.2. The molecule has 1 aliphatic heterocycles. The van der Waals surface area contributed by atoms with E-state index in [9.17, 15) is 9.67 Å². The van der Waals surface area contributed by atoms with E-state index >= 15 is 0 Å². The minimum Gasteiger partial charge on any atom is -0.423 e. The van der Waals surface area contributed by atoms with Gasteiger partial charge >= 0.3 is 7.60 Å². The third-order valence-corrected chi connectivity index (χ3v) is 3.91. The van der Waals surface area contributed by atoms with Crippen LogP contribution >= 0.6 is 7.60 Å². The van der Waals surface area contributed by atoms with Crippen molar-refractivity contribution in [2.24, 2.45) is 0 Å². The largest absolute Gasteiger partial charge is 0.423 e. The average molecular weight is 256 g/mol. The molecule has 5 nitrogen and oxygen atoms in total. The SMILES string of the molecule is BC[C@@H]1OC[P@](=O)(Oc2ccccc2)OC1O. The Bertz CT molecular complexity index is 412. The van der Waals surface area contributed by atoms with Gasteiger partial charge in [0, 0.05) is 0 Å². The van der Waals surface area contributed by atoms with Gasteiger partial charge in [0.25, 0.3) is 0 Å². The molecular formula is C10H14BO5P. The van der Waals surface area contributed by atoms with Crippen LogP contribution in [0.3, 0.4) is 0 Å². The van der Waals surface area contributed by atoms with E-state index in [0.29, 0.717) is 12.1 Å². The Labute approximate surface area is 101 Å². The van der Waals surface area contributed by atoms with Crippen molar-refractivity contribution in [3.8, 4) is 5.75 Å². The van der Waals surface area contributed by atoms with Crippen molar-refractivity contribution < 1.29 is 23.5 Å². The predicted molar refractivity (Wildman–Crippen MR) is 64.9 cm³/mol. The first-order valence-electron chi connectivity index (χ1n) is 5.45. The summed E-state index contributed by atoms with van der Waals surface area (Å²) in [5, 5.41) is 9.58. The van der Waals surface area contributed by atoms with Crippen LogP contribution in [0.25, 0.3) is 0 Å². The zero-order chi connectivity index (χ0) is 12.3. The Morgan fingerprint density at radius 3 is 2.76 bits per heavy atom. The molecule has 0 bridgehead atoms. The van der Waals surface area contributed by atoms with Gasteiger partial charge in [0.15, 0.2) is 12.6 Å². The van der Waals surface area contributed by atoms with Crippen LogP contribution in [-0.4, -0.2) is 31.7 Å². The molecule has 1 saturated heterocycles. The van der Waals surface area contributed by atoms with Crippen LogP contribution in [0.2, 0.25) is 6.32 Å². The quantitative estimate of drug-likeness (QED) is 0.645. The molecule has 1 fully saturated rings. The molecule has 0 saturated carbocycles. The lowest BCUT2D eigenvalue weighted by Gasteiger charge is -2.32. The van der Waals surface area contributed by atoms with Gasteiger partial charge in [-0.3, -0.25) is 4.52 Å². The Hall–Kier alpha value is -0.805. The Kier molecular flexibility index (Phi) is 3.89. The van der Waals surface area contributed by atoms with Gasteiger partial charge in [-0.1, -0.05) is 24.5 Å². The van der Waals surface area contributed by atoms with E-state index in [1.807, 2.05) is 13.9 Å². The summed E-state index contributed by atoms with van der Waals surface area (Å²) < 4.78 is 27.7. The average Bonchev–Trinajstić information content (AvgIpc) is 2.30. The Balaban J connectivity index is 2.04. The molecule has 17 heavy (non-hydrogen) atoms. The molecule has 0 radical (unpaired) electrons. The van der Waals surface area contributed by atoms with Gasteiger partial charge in [0.2, 0.25) is 0 Å². The summed E-state index contributed by atoms with van der Waals surface area (Å²) in [5.74, 6) is 0.432. The van der Waals surface area contributed by atoms with E-state index in [2.05, 4.69) is 0 Å². The van der Waals surface area contributed by atoms with Crippen molar-refractivity contribution in [3.05, 3.63) is 30.3 Å². The molecule has 1 unspecified atom stereocenters. The molecule has 0 aliphatic carbocycles. The van der Waals surface area contributed by atoms with Gasteiger partial charge in [-0.15, -0.1) is 0 Å². The summed E-state index contributed by atoms with van der Waals surface area (Å²) in [5.41, 5.74) is 0. The molecule has 1 aliphatic rings. The number of aliphatic hydroxyl groups excluding tert-OH is 1. The number of benzene rings is 1. The molecule has 2 rings (SSSR count). The number of ether oxygens (including phenoxy) is 1. The first-order valence-corrected chi connectivity index (χ1v) is 7.17. The second-order valence-electron chi connectivity index (χ2n) is 3.75. The van der Waals surface area contributed by atoms with Gasteiger partial charge in [0.05, 0.1) is 0 Å². The minimum atomic E-state index is -3.41. The van der Waals surface area contributed by atoms with Gasteiger partial charge in [-0.05, 0) is 12.1 Å². The third kappa shape index (κ3) is 3.10. The molecule has 0 spiro atoms. The van der Waals surface area contributed by atoms with Crippen LogP contribution in [0.15, 0.2) is 30.3 Å². The van der Waals surface area contributed by atoms with Crippen molar-refractivity contribution >= 4 is 15.4 Å². The van der Waals surface area contributed by atoms with Crippen LogP contribution in [0.1, 0.15) is 0 Å². The van der Waals surface area contributed by atoms with Crippen LogP contribution in [-0.2, 0) is 13.8 Å². The number of rotatable bonds is 3. The van der Waals surface area contributed by atoms with Crippen molar-refractivity contribution in [2.75, 3.05) is 6.35 Å². The Morgan fingerprint density at radius 2 is 2.18 bits per heavy atom. The number of hydrogen-bond donors (Lipinski definition) is 1. The summed E-state index contributed by atoms with van der Waals surface area (Å²) in [7, 11) is -1.56. The molecule has 3 atom stereocenters. The van der Waals surface area contributed by atoms with Gasteiger partial charge < -0.3 is 14.4 Å². The highest BCUT2D eigenvalue weighted by Gasteiger charge is 2.39. The lowest BCUT2D eigenvalue weighted by Crippen LogP contribution is -2.36. The van der Waals surface area contributed by atoms with Gasteiger partial charge in [0.1, 0.15) is 19.7 Å². The highest BCUT2D eigenvalue weighted by molar-refractivity contribution is 7.54. The predicted octanol–water partition coefficient (Wildman–Crippen LogP) is 1.00. The van der Waals surface area contributed by atoms with Crippen LogP contribution in [0, 0.1) is 0 Å². The molecule has 1 aromatic rings. The molecule has 1 N–H and O–H groups in total. The smallest absolute Gasteiger partial charge is 0.407 e. The van der Waals surface area contributed by atoms with E-state index in [1.54, 1.807) is 24.3 Å². The molecule has 0 amide bonds. The summed E-state index contributed by atoms with van der Waals surface area (Å²) >= 11 is 0. The monoisotopic (exact) mass is 256 g/mol. The zero-order valence-electron chi connectivity index (χ0n) is 9.48. The Morgan fingerprint density at radius 1 is 1.47 bits per heavy atom. The molecule has 92 valence electrons. The third-order valence-electron chi connectivity index (χ3n) is 2.42. The number of aliphatic hydroxyl groups is 1. The lowest BCUT2D eigenvalue weighted by atomic mass is 9.99. The topological polar surface area (TPSA) is 65.0 Å². The molecule has 1 aromatic carbocycles. The van der Waals surface area contributed by atoms with Crippen molar-refractivity contribution in [2.45, 2.75) is 18.7 Å². The summed E-state index contributed by atoms with van der Waals surface area (Å²) in [6.07, 6.45) is -1.20. The fourth-order valence-corrected chi connectivity index (χ4v) is 2.98. The molecule has 0 aromatic heterocycles. The van der Waals surface area contributed by atoms with E-state index in [0.717, 1.165) is 0 Å². The molecule has 1 heterocycles. The minimum absolute atomic E-state index is 0.141. The second-order valence-corrected chi connectivity index (χ2v) is 5.63. The zero-order valence-corrected chi connectivity index (χ0v) is 10.4. The van der Waals surface area contributed by atoms with Crippen molar-refractivity contribution in [1.82, 2.24) is 0 Å².